The fraction of sp³-hybridized carbons (Fsp3) is 0.889. The van der Waals surface area contributed by atoms with Gasteiger partial charge in [-0.1, -0.05) is 6.92 Å². The number of aromatic nitrogens is 3. The van der Waals surface area contributed by atoms with Crippen molar-refractivity contribution in [3.05, 3.63) is 11.6 Å². The molecular weight excluding hydrogens is 302 g/mol. The number of ether oxygens (including phenoxy) is 1. The third-order valence-electron chi connectivity index (χ3n) is 6.47. The predicted molar refractivity (Wildman–Crippen MR) is 92.9 cm³/mol. The van der Waals surface area contributed by atoms with Gasteiger partial charge in [0.25, 0.3) is 0 Å². The smallest absolute Gasteiger partial charge is 0.147 e. The van der Waals surface area contributed by atoms with Crippen LogP contribution in [0.25, 0.3) is 0 Å². The molecule has 1 N–H and O–H groups in total. The SMILES string of the molecule is CCC1(CN2CCC(c3nnc4n3CCNC4)CC2)CCOCC1. The molecule has 0 radical (unpaired) electrons. The molecular formula is C18H31N5O. The van der Waals surface area contributed by atoms with E-state index in [0.29, 0.717) is 11.3 Å². The van der Waals surface area contributed by atoms with Crippen LogP contribution in [0.5, 0.6) is 0 Å². The van der Waals surface area contributed by atoms with Crippen molar-refractivity contribution in [3.63, 3.8) is 0 Å². The molecule has 3 aliphatic heterocycles. The van der Waals surface area contributed by atoms with Crippen molar-refractivity contribution >= 4 is 0 Å². The molecule has 0 unspecified atom stereocenters. The highest BCUT2D eigenvalue weighted by Crippen LogP contribution is 2.37. The van der Waals surface area contributed by atoms with Gasteiger partial charge < -0.3 is 19.5 Å². The quantitative estimate of drug-likeness (QED) is 0.910. The van der Waals surface area contributed by atoms with Crippen molar-refractivity contribution in [3.8, 4) is 0 Å². The Hall–Kier alpha value is -0.980. The summed E-state index contributed by atoms with van der Waals surface area (Å²) in [5, 5.41) is 12.3. The first-order chi connectivity index (χ1) is 11.8. The third kappa shape index (κ3) is 3.24. The second-order valence-corrected chi connectivity index (χ2v) is 7.82. The number of hydrogen-bond donors (Lipinski definition) is 1. The molecule has 0 aromatic carbocycles. The Morgan fingerprint density at radius 1 is 1.17 bits per heavy atom. The van der Waals surface area contributed by atoms with Crippen molar-refractivity contribution < 1.29 is 4.74 Å². The summed E-state index contributed by atoms with van der Waals surface area (Å²) >= 11 is 0. The Morgan fingerprint density at radius 2 is 1.96 bits per heavy atom. The van der Waals surface area contributed by atoms with Crippen molar-refractivity contribution in [2.24, 2.45) is 5.41 Å². The molecule has 0 amide bonds. The Balaban J connectivity index is 1.36. The molecule has 134 valence electrons. The Labute approximate surface area is 145 Å². The Bertz CT molecular complexity index is 544. The minimum Gasteiger partial charge on any atom is -0.381 e. The minimum atomic E-state index is 0.491. The zero-order chi connectivity index (χ0) is 16.4. The van der Waals surface area contributed by atoms with Gasteiger partial charge in [0.2, 0.25) is 0 Å². The highest BCUT2D eigenvalue weighted by molar-refractivity contribution is 5.06. The highest BCUT2D eigenvalue weighted by Gasteiger charge is 2.35. The van der Waals surface area contributed by atoms with Gasteiger partial charge in [0.15, 0.2) is 0 Å². The van der Waals surface area contributed by atoms with Gasteiger partial charge in [-0.2, -0.15) is 0 Å². The Morgan fingerprint density at radius 3 is 2.71 bits per heavy atom. The van der Waals surface area contributed by atoms with Gasteiger partial charge in [-0.3, -0.25) is 0 Å². The van der Waals surface area contributed by atoms with Crippen LogP contribution in [0.3, 0.4) is 0 Å². The molecule has 0 saturated carbocycles. The first-order valence-electron chi connectivity index (χ1n) is 9.72. The fourth-order valence-corrected chi connectivity index (χ4v) is 4.67. The maximum absolute atomic E-state index is 5.59. The number of piperidine rings is 1. The normalized spacial score (nSPS) is 25.5. The van der Waals surface area contributed by atoms with Gasteiger partial charge in [0.1, 0.15) is 11.6 Å². The number of rotatable bonds is 4. The minimum absolute atomic E-state index is 0.491. The van der Waals surface area contributed by atoms with E-state index in [4.69, 9.17) is 4.74 Å². The number of likely N-dealkylation sites (tertiary alicyclic amines) is 1. The van der Waals surface area contributed by atoms with Gasteiger partial charge in [0, 0.05) is 38.8 Å². The molecule has 1 aromatic rings. The number of hydrogen-bond acceptors (Lipinski definition) is 5. The lowest BCUT2D eigenvalue weighted by Gasteiger charge is -2.42. The van der Waals surface area contributed by atoms with Crippen LogP contribution >= 0.6 is 0 Å². The molecule has 4 heterocycles. The second kappa shape index (κ2) is 7.10. The van der Waals surface area contributed by atoms with E-state index >= 15 is 0 Å². The molecule has 2 fully saturated rings. The molecule has 1 aromatic heterocycles. The maximum Gasteiger partial charge on any atom is 0.147 e. The summed E-state index contributed by atoms with van der Waals surface area (Å²) < 4.78 is 7.96. The zero-order valence-electron chi connectivity index (χ0n) is 15.0. The molecule has 4 rings (SSSR count). The lowest BCUT2D eigenvalue weighted by molar-refractivity contribution is -0.0107. The van der Waals surface area contributed by atoms with Crippen molar-refractivity contribution in [2.75, 3.05) is 39.4 Å². The lowest BCUT2D eigenvalue weighted by Crippen LogP contribution is -2.44. The topological polar surface area (TPSA) is 55.2 Å². The van der Waals surface area contributed by atoms with Crippen molar-refractivity contribution in [1.29, 1.82) is 0 Å². The average molecular weight is 333 g/mol. The van der Waals surface area contributed by atoms with E-state index in [0.717, 1.165) is 38.7 Å². The van der Waals surface area contributed by atoms with Crippen LogP contribution in [0.4, 0.5) is 0 Å². The molecule has 2 saturated heterocycles. The van der Waals surface area contributed by atoms with Crippen LogP contribution in [0.2, 0.25) is 0 Å². The predicted octanol–water partition coefficient (Wildman–Crippen LogP) is 1.77. The summed E-state index contributed by atoms with van der Waals surface area (Å²) in [6.07, 6.45) is 6.19. The van der Waals surface area contributed by atoms with Crippen LogP contribution in [0.15, 0.2) is 0 Å². The molecule has 0 spiro atoms. The summed E-state index contributed by atoms with van der Waals surface area (Å²) in [6, 6.07) is 0. The van der Waals surface area contributed by atoms with Crippen LogP contribution in [-0.4, -0.2) is 59.1 Å². The van der Waals surface area contributed by atoms with E-state index in [2.05, 4.69) is 31.9 Å². The molecule has 0 bridgehead atoms. The van der Waals surface area contributed by atoms with Gasteiger partial charge in [-0.15, -0.1) is 10.2 Å². The van der Waals surface area contributed by atoms with E-state index in [9.17, 15) is 0 Å². The molecule has 6 nitrogen and oxygen atoms in total. The maximum atomic E-state index is 5.59. The molecule has 24 heavy (non-hydrogen) atoms. The average Bonchev–Trinajstić information content (AvgIpc) is 3.07. The third-order valence-corrected chi connectivity index (χ3v) is 6.47. The van der Waals surface area contributed by atoms with Gasteiger partial charge in [-0.25, -0.2) is 0 Å². The van der Waals surface area contributed by atoms with Crippen molar-refractivity contribution in [2.45, 2.75) is 58.0 Å². The van der Waals surface area contributed by atoms with Crippen molar-refractivity contribution in [1.82, 2.24) is 25.0 Å². The van der Waals surface area contributed by atoms with E-state index in [1.165, 1.54) is 57.6 Å². The number of nitrogens with zero attached hydrogens (tertiary/aromatic N) is 4. The van der Waals surface area contributed by atoms with E-state index < -0.39 is 0 Å². The van der Waals surface area contributed by atoms with Gasteiger partial charge in [-0.05, 0) is 50.6 Å². The molecule has 6 heteroatoms. The monoisotopic (exact) mass is 333 g/mol. The van der Waals surface area contributed by atoms with E-state index in [-0.39, 0.29) is 0 Å². The van der Waals surface area contributed by atoms with Gasteiger partial charge in [0.05, 0.1) is 6.54 Å². The first kappa shape index (κ1) is 16.5. The number of nitrogens with one attached hydrogen (secondary N) is 1. The van der Waals surface area contributed by atoms with Crippen LogP contribution in [0.1, 0.15) is 56.6 Å². The van der Waals surface area contributed by atoms with E-state index in [1.807, 2.05) is 0 Å². The van der Waals surface area contributed by atoms with Crippen LogP contribution < -0.4 is 5.32 Å². The zero-order valence-corrected chi connectivity index (χ0v) is 15.0. The molecule has 3 aliphatic rings. The Kier molecular flexibility index (Phi) is 4.88. The fourth-order valence-electron chi connectivity index (χ4n) is 4.67. The standard InChI is InChI=1S/C18H31N5O/c1-2-18(5-11-24-12-6-18)14-22-8-3-15(4-9-22)17-21-20-16-13-19-7-10-23(16)17/h15,19H,2-14H2,1H3. The lowest BCUT2D eigenvalue weighted by atomic mass is 9.77. The molecule has 0 atom stereocenters. The summed E-state index contributed by atoms with van der Waals surface area (Å²) in [5.74, 6) is 2.95. The summed E-state index contributed by atoms with van der Waals surface area (Å²) in [4.78, 5) is 2.69. The van der Waals surface area contributed by atoms with Crippen LogP contribution in [-0.2, 0) is 17.8 Å². The largest absolute Gasteiger partial charge is 0.381 e. The van der Waals surface area contributed by atoms with Gasteiger partial charge >= 0.3 is 0 Å². The van der Waals surface area contributed by atoms with Crippen LogP contribution in [0, 0.1) is 5.41 Å². The summed E-state index contributed by atoms with van der Waals surface area (Å²) in [7, 11) is 0. The summed E-state index contributed by atoms with van der Waals surface area (Å²) in [6.45, 7) is 10.8. The second-order valence-electron chi connectivity index (χ2n) is 7.82. The first-order valence-corrected chi connectivity index (χ1v) is 9.72. The summed E-state index contributed by atoms with van der Waals surface area (Å²) in [5.41, 5.74) is 0.491. The van der Waals surface area contributed by atoms with E-state index in [1.54, 1.807) is 0 Å². The number of fused-ring (bicyclic) bond motifs is 1. The molecule has 0 aliphatic carbocycles. The highest BCUT2D eigenvalue weighted by atomic mass is 16.5.